The van der Waals surface area contributed by atoms with Gasteiger partial charge in [-0.2, -0.15) is 0 Å². The molecule has 0 fully saturated rings. The summed E-state index contributed by atoms with van der Waals surface area (Å²) in [4.78, 5) is 23.1. The highest BCUT2D eigenvalue weighted by atomic mass is 35.5. The normalized spacial score (nSPS) is 11.8. The third kappa shape index (κ3) is 6.37. The van der Waals surface area contributed by atoms with Crippen LogP contribution in [0.15, 0.2) is 18.2 Å². The summed E-state index contributed by atoms with van der Waals surface area (Å²) in [5, 5.41) is 3.34. The molecule has 1 aromatic rings. The number of nitrogens with one attached hydrogen (secondary N) is 1. The average molecular weight is 331 g/mol. The molecule has 0 radical (unpaired) electrons. The lowest BCUT2D eigenvalue weighted by Crippen LogP contribution is -2.35. The summed E-state index contributed by atoms with van der Waals surface area (Å²) in [7, 11) is 0. The lowest BCUT2D eigenvalue weighted by atomic mass is 10.2. The van der Waals surface area contributed by atoms with E-state index in [1.165, 1.54) is 11.8 Å². The first-order valence-electron chi connectivity index (χ1n) is 6.50. The second-order valence-electron chi connectivity index (χ2n) is 4.39. The Kier molecular flexibility index (Phi) is 7.56. The van der Waals surface area contributed by atoms with E-state index in [-0.39, 0.29) is 11.7 Å². The van der Waals surface area contributed by atoms with Crippen LogP contribution < -0.4 is 11.1 Å². The molecule has 0 aromatic heterocycles. The van der Waals surface area contributed by atoms with Crippen molar-refractivity contribution in [3.63, 3.8) is 0 Å². The van der Waals surface area contributed by atoms with Crippen LogP contribution in [0.3, 0.4) is 0 Å². The number of esters is 1. The van der Waals surface area contributed by atoms with E-state index in [1.807, 2.05) is 13.0 Å². The largest absolute Gasteiger partial charge is 0.465 e. The van der Waals surface area contributed by atoms with Gasteiger partial charge in [-0.05, 0) is 31.5 Å². The van der Waals surface area contributed by atoms with E-state index in [4.69, 9.17) is 22.1 Å². The maximum Gasteiger partial charge on any atom is 0.323 e. The van der Waals surface area contributed by atoms with Gasteiger partial charge < -0.3 is 15.8 Å². The zero-order valence-corrected chi connectivity index (χ0v) is 13.6. The zero-order chi connectivity index (χ0) is 15.8. The van der Waals surface area contributed by atoms with Gasteiger partial charge in [-0.1, -0.05) is 17.7 Å². The molecule has 0 aliphatic rings. The van der Waals surface area contributed by atoms with Crippen molar-refractivity contribution in [2.45, 2.75) is 19.9 Å². The molecule has 5 nitrogen and oxygen atoms in total. The second-order valence-corrected chi connectivity index (χ2v) is 5.82. The van der Waals surface area contributed by atoms with Crippen LogP contribution in [0.25, 0.3) is 0 Å². The van der Waals surface area contributed by atoms with Crippen LogP contribution in [0.1, 0.15) is 12.5 Å². The van der Waals surface area contributed by atoms with Crippen molar-refractivity contribution in [1.29, 1.82) is 0 Å². The predicted molar refractivity (Wildman–Crippen MR) is 86.8 cm³/mol. The number of hydrogen-bond donors (Lipinski definition) is 2. The van der Waals surface area contributed by atoms with Crippen molar-refractivity contribution >= 4 is 40.9 Å². The topological polar surface area (TPSA) is 81.4 Å². The predicted octanol–water partition coefficient (Wildman–Crippen LogP) is 2.21. The van der Waals surface area contributed by atoms with Crippen molar-refractivity contribution in [2.24, 2.45) is 5.73 Å². The third-order valence-electron chi connectivity index (χ3n) is 2.58. The van der Waals surface area contributed by atoms with Crippen LogP contribution in [0.2, 0.25) is 5.02 Å². The van der Waals surface area contributed by atoms with Crippen LogP contribution in [0.4, 0.5) is 5.69 Å². The number of halogens is 1. The van der Waals surface area contributed by atoms with Crippen LogP contribution >= 0.6 is 23.4 Å². The molecule has 7 heteroatoms. The van der Waals surface area contributed by atoms with Crippen LogP contribution in [-0.2, 0) is 14.3 Å². The van der Waals surface area contributed by atoms with Crippen molar-refractivity contribution in [3.8, 4) is 0 Å². The number of carbonyl (C=O) groups is 2. The quantitative estimate of drug-likeness (QED) is 0.749. The number of anilines is 1. The first-order valence-corrected chi connectivity index (χ1v) is 8.03. The molecule has 3 N–H and O–H groups in total. The lowest BCUT2D eigenvalue weighted by molar-refractivity contribution is -0.144. The highest BCUT2D eigenvalue weighted by Crippen LogP contribution is 2.20. The minimum Gasteiger partial charge on any atom is -0.465 e. The van der Waals surface area contributed by atoms with Crippen molar-refractivity contribution in [3.05, 3.63) is 28.8 Å². The molecule has 1 aromatic carbocycles. The molecule has 0 saturated carbocycles. The van der Waals surface area contributed by atoms with Crippen molar-refractivity contribution < 1.29 is 14.3 Å². The van der Waals surface area contributed by atoms with Gasteiger partial charge in [0.2, 0.25) is 5.91 Å². The van der Waals surface area contributed by atoms with Crippen LogP contribution in [0, 0.1) is 6.92 Å². The van der Waals surface area contributed by atoms with Crippen molar-refractivity contribution in [2.75, 3.05) is 23.4 Å². The van der Waals surface area contributed by atoms with Gasteiger partial charge in [-0.25, -0.2) is 0 Å². The fraction of sp³-hybridized carbons (Fsp3) is 0.429. The van der Waals surface area contributed by atoms with E-state index >= 15 is 0 Å². The highest BCUT2D eigenvalue weighted by molar-refractivity contribution is 8.00. The van der Waals surface area contributed by atoms with Gasteiger partial charge in [0.1, 0.15) is 6.04 Å². The number of hydrogen-bond acceptors (Lipinski definition) is 5. The van der Waals surface area contributed by atoms with Gasteiger partial charge in [0.15, 0.2) is 0 Å². The monoisotopic (exact) mass is 330 g/mol. The maximum absolute atomic E-state index is 11.8. The Morgan fingerprint density at radius 1 is 1.48 bits per heavy atom. The summed E-state index contributed by atoms with van der Waals surface area (Å²) in [6.45, 7) is 3.91. The summed E-state index contributed by atoms with van der Waals surface area (Å²) < 4.78 is 4.79. The number of rotatable bonds is 7. The van der Waals surface area contributed by atoms with Gasteiger partial charge in [0.25, 0.3) is 0 Å². The minimum atomic E-state index is -0.712. The Balaban J connectivity index is 2.34. The minimum absolute atomic E-state index is 0.170. The summed E-state index contributed by atoms with van der Waals surface area (Å²) in [6.07, 6.45) is 0. The van der Waals surface area contributed by atoms with E-state index in [0.717, 1.165) is 5.56 Å². The molecular formula is C14H19ClN2O3S. The standard InChI is InChI=1S/C14H19ClN2O3S/c1-3-20-14(19)12(16)7-21-8-13(18)17-10-5-4-9(2)11(15)6-10/h4-6,12H,3,7-8,16H2,1-2H3,(H,17,18). The molecule has 116 valence electrons. The molecule has 1 unspecified atom stereocenters. The van der Waals surface area contributed by atoms with Gasteiger partial charge in [0.05, 0.1) is 12.4 Å². The smallest absolute Gasteiger partial charge is 0.323 e. The molecule has 1 atom stereocenters. The van der Waals surface area contributed by atoms with Crippen LogP contribution in [0.5, 0.6) is 0 Å². The number of thioether (sulfide) groups is 1. The Hall–Kier alpha value is -1.24. The lowest BCUT2D eigenvalue weighted by Gasteiger charge is -2.10. The van der Waals surface area contributed by atoms with E-state index in [9.17, 15) is 9.59 Å². The first-order chi connectivity index (χ1) is 9.93. The molecule has 0 heterocycles. The van der Waals surface area contributed by atoms with Crippen LogP contribution in [-0.4, -0.2) is 36.0 Å². The molecule has 0 aliphatic heterocycles. The second kappa shape index (κ2) is 8.92. The number of ether oxygens (including phenoxy) is 1. The molecule has 1 amide bonds. The van der Waals surface area contributed by atoms with Crippen molar-refractivity contribution in [1.82, 2.24) is 0 Å². The number of nitrogens with two attached hydrogens (primary N) is 1. The number of benzene rings is 1. The van der Waals surface area contributed by atoms with Gasteiger partial charge >= 0.3 is 5.97 Å². The molecule has 1 rings (SSSR count). The summed E-state index contributed by atoms with van der Waals surface area (Å²) >= 11 is 7.26. The number of carbonyl (C=O) groups excluding carboxylic acids is 2. The SMILES string of the molecule is CCOC(=O)C(N)CSCC(=O)Nc1ccc(C)c(Cl)c1. The summed E-state index contributed by atoms with van der Waals surface area (Å²) in [5.41, 5.74) is 7.23. The molecule has 0 saturated heterocycles. The maximum atomic E-state index is 11.8. The van der Waals surface area contributed by atoms with Gasteiger partial charge in [-0.15, -0.1) is 11.8 Å². The Morgan fingerprint density at radius 2 is 2.19 bits per heavy atom. The Labute approximate surface area is 133 Å². The fourth-order valence-corrected chi connectivity index (χ4v) is 2.41. The van der Waals surface area contributed by atoms with E-state index in [1.54, 1.807) is 19.1 Å². The fourth-order valence-electron chi connectivity index (χ4n) is 1.46. The van der Waals surface area contributed by atoms with Gasteiger partial charge in [-0.3, -0.25) is 9.59 Å². The third-order valence-corrected chi connectivity index (χ3v) is 4.04. The molecule has 21 heavy (non-hydrogen) atoms. The Morgan fingerprint density at radius 3 is 2.81 bits per heavy atom. The number of aryl methyl sites for hydroxylation is 1. The van der Waals surface area contributed by atoms with E-state index < -0.39 is 12.0 Å². The highest BCUT2D eigenvalue weighted by Gasteiger charge is 2.15. The average Bonchev–Trinajstić information content (AvgIpc) is 2.43. The first kappa shape index (κ1) is 17.8. The summed E-state index contributed by atoms with van der Waals surface area (Å²) in [6, 6.07) is 4.61. The van der Waals surface area contributed by atoms with Gasteiger partial charge in [0, 0.05) is 16.5 Å². The zero-order valence-electron chi connectivity index (χ0n) is 12.0. The molecular weight excluding hydrogens is 312 g/mol. The molecule has 0 aliphatic carbocycles. The van der Waals surface area contributed by atoms with E-state index in [0.29, 0.717) is 23.1 Å². The summed E-state index contributed by atoms with van der Waals surface area (Å²) in [5.74, 6) is -0.0776. The Bertz CT molecular complexity index is 511. The molecule has 0 spiro atoms. The number of amides is 1. The van der Waals surface area contributed by atoms with E-state index in [2.05, 4.69) is 5.32 Å². The molecule has 0 bridgehead atoms.